The van der Waals surface area contributed by atoms with Gasteiger partial charge >= 0.3 is 0 Å². The van der Waals surface area contributed by atoms with Crippen molar-refractivity contribution in [3.8, 4) is 5.75 Å². The molecule has 0 saturated carbocycles. The van der Waals surface area contributed by atoms with Crippen LogP contribution in [0.4, 0.5) is 5.13 Å². The molecule has 0 spiro atoms. The van der Waals surface area contributed by atoms with E-state index in [4.69, 9.17) is 4.74 Å². The average Bonchev–Trinajstić information content (AvgIpc) is 2.97. The maximum Gasteiger partial charge on any atom is 0.264 e. The Bertz CT molecular complexity index is 873. The molecular formula is C17H14N2O3S. The van der Waals surface area contributed by atoms with Gasteiger partial charge in [-0.3, -0.25) is 14.9 Å². The van der Waals surface area contributed by atoms with Gasteiger partial charge in [0.25, 0.3) is 5.91 Å². The van der Waals surface area contributed by atoms with Crippen molar-refractivity contribution in [3.05, 3.63) is 53.6 Å². The summed E-state index contributed by atoms with van der Waals surface area (Å²) in [7, 11) is 0. The van der Waals surface area contributed by atoms with Crippen LogP contribution in [0.25, 0.3) is 10.2 Å². The van der Waals surface area contributed by atoms with E-state index < -0.39 is 0 Å². The first-order valence-corrected chi connectivity index (χ1v) is 7.82. The number of nitrogens with zero attached hydrogens (tertiary/aromatic N) is 1. The standard InChI is InChI=1S/C17H14N2O3S/c1-11-5-4-8-14-16(11)19-17(23-14)18-15(21)10-22-13-7-3-2-6-12(13)9-20/h2-9H,10H2,1H3,(H,18,19,21). The van der Waals surface area contributed by atoms with Gasteiger partial charge in [0.1, 0.15) is 5.75 Å². The van der Waals surface area contributed by atoms with Crippen LogP contribution in [0.3, 0.4) is 0 Å². The number of benzene rings is 2. The Morgan fingerprint density at radius 3 is 2.87 bits per heavy atom. The van der Waals surface area contributed by atoms with Crippen LogP contribution in [0.15, 0.2) is 42.5 Å². The minimum atomic E-state index is -0.317. The molecule has 116 valence electrons. The van der Waals surface area contributed by atoms with Crippen molar-refractivity contribution in [2.24, 2.45) is 0 Å². The van der Waals surface area contributed by atoms with Crippen LogP contribution in [-0.2, 0) is 4.79 Å². The van der Waals surface area contributed by atoms with E-state index in [1.807, 2.05) is 25.1 Å². The van der Waals surface area contributed by atoms with Gasteiger partial charge in [-0.05, 0) is 30.7 Å². The lowest BCUT2D eigenvalue weighted by molar-refractivity contribution is -0.118. The number of thiazole rings is 1. The first-order valence-electron chi connectivity index (χ1n) is 7.00. The van der Waals surface area contributed by atoms with Gasteiger partial charge in [-0.25, -0.2) is 4.98 Å². The number of carbonyl (C=O) groups excluding carboxylic acids is 2. The van der Waals surface area contributed by atoms with Gasteiger partial charge in [-0.1, -0.05) is 35.6 Å². The van der Waals surface area contributed by atoms with Gasteiger partial charge in [-0.15, -0.1) is 0 Å². The summed E-state index contributed by atoms with van der Waals surface area (Å²) in [5.74, 6) is 0.0696. The molecule has 0 saturated heterocycles. The predicted molar refractivity (Wildman–Crippen MR) is 90.3 cm³/mol. The monoisotopic (exact) mass is 326 g/mol. The van der Waals surface area contributed by atoms with Crippen LogP contribution in [0, 0.1) is 6.92 Å². The number of nitrogens with one attached hydrogen (secondary N) is 1. The van der Waals surface area contributed by atoms with Gasteiger partial charge in [-0.2, -0.15) is 0 Å². The molecule has 5 nitrogen and oxygen atoms in total. The predicted octanol–water partition coefficient (Wildman–Crippen LogP) is 3.43. The van der Waals surface area contributed by atoms with Gasteiger partial charge in [0, 0.05) is 0 Å². The normalized spacial score (nSPS) is 10.5. The fourth-order valence-corrected chi connectivity index (χ4v) is 3.11. The summed E-state index contributed by atoms with van der Waals surface area (Å²) in [5, 5.41) is 3.26. The van der Waals surface area contributed by atoms with Crippen LogP contribution in [0.1, 0.15) is 15.9 Å². The summed E-state index contributed by atoms with van der Waals surface area (Å²) in [6.45, 7) is 1.80. The Balaban J connectivity index is 1.66. The van der Waals surface area contributed by atoms with E-state index in [2.05, 4.69) is 10.3 Å². The van der Waals surface area contributed by atoms with E-state index in [-0.39, 0.29) is 12.5 Å². The summed E-state index contributed by atoms with van der Waals surface area (Å²) < 4.78 is 6.41. The molecule has 0 aliphatic carbocycles. The molecule has 6 heteroatoms. The van der Waals surface area contributed by atoms with Crippen LogP contribution in [0.5, 0.6) is 5.75 Å². The van der Waals surface area contributed by atoms with Crippen molar-refractivity contribution in [1.29, 1.82) is 0 Å². The number of ether oxygens (including phenoxy) is 1. The zero-order valence-corrected chi connectivity index (χ0v) is 13.2. The highest BCUT2D eigenvalue weighted by atomic mass is 32.1. The number of hydrogen-bond acceptors (Lipinski definition) is 5. The lowest BCUT2D eigenvalue weighted by atomic mass is 10.2. The summed E-state index contributed by atoms with van der Waals surface area (Å²) in [4.78, 5) is 27.3. The van der Waals surface area contributed by atoms with Gasteiger partial charge in [0.15, 0.2) is 18.0 Å². The van der Waals surface area contributed by atoms with E-state index in [0.717, 1.165) is 15.8 Å². The zero-order chi connectivity index (χ0) is 16.2. The summed E-state index contributed by atoms with van der Waals surface area (Å²) in [5.41, 5.74) is 2.37. The molecule has 1 N–H and O–H groups in total. The molecule has 1 amide bonds. The Kier molecular flexibility index (Phi) is 4.34. The third kappa shape index (κ3) is 3.37. The third-order valence-electron chi connectivity index (χ3n) is 3.27. The smallest absolute Gasteiger partial charge is 0.264 e. The number of anilines is 1. The second-order valence-corrected chi connectivity index (χ2v) is 5.96. The van der Waals surface area contributed by atoms with Crippen LogP contribution < -0.4 is 10.1 Å². The number of amides is 1. The molecule has 0 bridgehead atoms. The first-order chi connectivity index (χ1) is 11.2. The van der Waals surface area contributed by atoms with Crippen molar-refractivity contribution in [1.82, 2.24) is 4.98 Å². The number of fused-ring (bicyclic) bond motifs is 1. The SMILES string of the molecule is Cc1cccc2sc(NC(=O)COc3ccccc3C=O)nc12. The quantitative estimate of drug-likeness (QED) is 0.729. The maximum atomic E-state index is 12.0. The average molecular weight is 326 g/mol. The topological polar surface area (TPSA) is 68.3 Å². The Morgan fingerprint density at radius 1 is 1.26 bits per heavy atom. The van der Waals surface area contributed by atoms with Gasteiger partial charge in [0.2, 0.25) is 0 Å². The minimum Gasteiger partial charge on any atom is -0.483 e. The zero-order valence-electron chi connectivity index (χ0n) is 12.4. The molecule has 2 aromatic carbocycles. The van der Waals surface area contributed by atoms with Crippen LogP contribution in [-0.4, -0.2) is 23.8 Å². The lowest BCUT2D eigenvalue weighted by Gasteiger charge is -2.07. The van der Waals surface area contributed by atoms with Crippen molar-refractivity contribution in [3.63, 3.8) is 0 Å². The number of rotatable bonds is 5. The first kappa shape index (κ1) is 15.2. The maximum absolute atomic E-state index is 12.0. The highest BCUT2D eigenvalue weighted by Crippen LogP contribution is 2.27. The van der Waals surface area contributed by atoms with Crippen molar-refractivity contribution in [2.75, 3.05) is 11.9 Å². The highest BCUT2D eigenvalue weighted by molar-refractivity contribution is 7.22. The molecular weight excluding hydrogens is 312 g/mol. The van der Waals surface area contributed by atoms with Gasteiger partial charge < -0.3 is 4.74 Å². The molecule has 0 unspecified atom stereocenters. The molecule has 0 atom stereocenters. The molecule has 1 aromatic heterocycles. The molecule has 0 radical (unpaired) electrons. The van der Waals surface area contributed by atoms with Crippen LogP contribution in [0.2, 0.25) is 0 Å². The van der Waals surface area contributed by atoms with Crippen molar-refractivity contribution < 1.29 is 14.3 Å². The number of para-hydroxylation sites is 2. The molecule has 1 heterocycles. The Morgan fingerprint density at radius 2 is 2.09 bits per heavy atom. The van der Waals surface area contributed by atoms with Crippen molar-refractivity contribution in [2.45, 2.75) is 6.92 Å². The fraction of sp³-hybridized carbons (Fsp3) is 0.118. The summed E-state index contributed by atoms with van der Waals surface area (Å²) >= 11 is 1.41. The van der Waals surface area contributed by atoms with Crippen LogP contribution >= 0.6 is 11.3 Å². The molecule has 0 aliphatic heterocycles. The number of hydrogen-bond donors (Lipinski definition) is 1. The second-order valence-electron chi connectivity index (χ2n) is 4.93. The minimum absolute atomic E-state index is 0.181. The molecule has 0 aliphatic rings. The van der Waals surface area contributed by atoms with E-state index in [1.165, 1.54) is 11.3 Å². The summed E-state index contributed by atoms with van der Waals surface area (Å²) in [6.07, 6.45) is 0.698. The molecule has 3 aromatic rings. The molecule has 0 fully saturated rings. The van der Waals surface area contributed by atoms with E-state index in [1.54, 1.807) is 24.3 Å². The van der Waals surface area contributed by atoms with E-state index >= 15 is 0 Å². The molecule has 23 heavy (non-hydrogen) atoms. The summed E-state index contributed by atoms with van der Waals surface area (Å²) in [6, 6.07) is 12.7. The van der Waals surface area contributed by atoms with Gasteiger partial charge in [0.05, 0.1) is 15.8 Å². The van der Waals surface area contributed by atoms with Crippen molar-refractivity contribution >= 4 is 38.9 Å². The lowest BCUT2D eigenvalue weighted by Crippen LogP contribution is -2.20. The number of aromatic nitrogens is 1. The largest absolute Gasteiger partial charge is 0.483 e. The fourth-order valence-electron chi connectivity index (χ4n) is 2.15. The number of aryl methyl sites for hydroxylation is 1. The second kappa shape index (κ2) is 6.58. The number of carbonyl (C=O) groups is 2. The Labute approximate surface area is 136 Å². The number of aldehydes is 1. The highest BCUT2D eigenvalue weighted by Gasteiger charge is 2.10. The Hall–Kier alpha value is -2.73. The van der Waals surface area contributed by atoms with E-state index in [9.17, 15) is 9.59 Å². The van der Waals surface area contributed by atoms with E-state index in [0.29, 0.717) is 22.7 Å². The third-order valence-corrected chi connectivity index (χ3v) is 4.21. The molecule has 3 rings (SSSR count).